The van der Waals surface area contributed by atoms with Crippen molar-refractivity contribution in [3.8, 4) is 0 Å². The van der Waals surface area contributed by atoms with Crippen molar-refractivity contribution < 1.29 is 9.90 Å². The maximum Gasteiger partial charge on any atom is 0.311 e. The van der Waals surface area contributed by atoms with Gasteiger partial charge in [0.25, 0.3) is 0 Å². The maximum absolute atomic E-state index is 11.6. The number of aromatic nitrogens is 2. The van der Waals surface area contributed by atoms with Crippen LogP contribution in [0.25, 0.3) is 0 Å². The molecule has 1 atom stereocenters. The Morgan fingerprint density at radius 3 is 3.00 bits per heavy atom. The Morgan fingerprint density at radius 1 is 1.58 bits per heavy atom. The van der Waals surface area contributed by atoms with Crippen LogP contribution in [-0.2, 0) is 4.79 Å². The molecule has 0 saturated carbocycles. The molecular weight excluding hydrogens is 266 g/mol. The monoisotopic (exact) mass is 283 g/mol. The molecule has 1 aliphatic rings. The summed E-state index contributed by atoms with van der Waals surface area (Å²) in [5.74, 6) is -0.0528. The van der Waals surface area contributed by atoms with Gasteiger partial charge in [-0.1, -0.05) is 24.9 Å². The smallest absolute Gasteiger partial charge is 0.311 e. The molecule has 1 aromatic rings. The van der Waals surface area contributed by atoms with Crippen LogP contribution in [0.1, 0.15) is 32.6 Å². The van der Waals surface area contributed by atoms with E-state index in [-0.39, 0.29) is 0 Å². The summed E-state index contributed by atoms with van der Waals surface area (Å²) in [6.07, 6.45) is 6.23. The average molecular weight is 284 g/mol. The number of hydrogen-bond donors (Lipinski definition) is 1. The normalized spacial score (nSPS) is 23.4. The highest BCUT2D eigenvalue weighted by Gasteiger charge is 2.41. The van der Waals surface area contributed by atoms with E-state index in [9.17, 15) is 9.90 Å². The number of halogens is 1. The van der Waals surface area contributed by atoms with E-state index in [4.69, 9.17) is 11.6 Å². The lowest BCUT2D eigenvalue weighted by Crippen LogP contribution is -2.48. The number of piperidine rings is 1. The summed E-state index contributed by atoms with van der Waals surface area (Å²) in [6, 6.07) is 0. The largest absolute Gasteiger partial charge is 0.481 e. The Hall–Kier alpha value is -1.36. The van der Waals surface area contributed by atoms with Crippen molar-refractivity contribution in [2.45, 2.75) is 32.6 Å². The molecule has 19 heavy (non-hydrogen) atoms. The van der Waals surface area contributed by atoms with Gasteiger partial charge in [-0.25, -0.2) is 4.98 Å². The van der Waals surface area contributed by atoms with Crippen molar-refractivity contribution in [2.75, 3.05) is 18.0 Å². The van der Waals surface area contributed by atoms with Crippen molar-refractivity contribution in [1.29, 1.82) is 0 Å². The molecule has 2 rings (SSSR count). The number of anilines is 1. The first-order valence-electron chi connectivity index (χ1n) is 6.53. The molecule has 5 nitrogen and oxygen atoms in total. The van der Waals surface area contributed by atoms with Gasteiger partial charge in [0.2, 0.25) is 0 Å². The van der Waals surface area contributed by atoms with Gasteiger partial charge < -0.3 is 10.0 Å². The van der Waals surface area contributed by atoms with Crippen LogP contribution in [0.4, 0.5) is 5.82 Å². The molecule has 0 aromatic carbocycles. The van der Waals surface area contributed by atoms with Gasteiger partial charge in [0.05, 0.1) is 17.8 Å². The Kier molecular flexibility index (Phi) is 4.24. The molecule has 0 radical (unpaired) electrons. The van der Waals surface area contributed by atoms with Crippen molar-refractivity contribution in [3.63, 3.8) is 0 Å². The molecule has 1 N–H and O–H groups in total. The highest BCUT2D eigenvalue weighted by molar-refractivity contribution is 6.29. The molecule has 104 valence electrons. The Balaban J connectivity index is 2.22. The molecule has 1 unspecified atom stereocenters. The fourth-order valence-corrected chi connectivity index (χ4v) is 2.92. The third-order valence-corrected chi connectivity index (χ3v) is 3.86. The molecular formula is C13H18ClN3O2. The van der Waals surface area contributed by atoms with E-state index in [1.165, 1.54) is 6.20 Å². The summed E-state index contributed by atoms with van der Waals surface area (Å²) in [4.78, 5) is 21.8. The zero-order chi connectivity index (χ0) is 13.9. The topological polar surface area (TPSA) is 66.3 Å². The van der Waals surface area contributed by atoms with Gasteiger partial charge in [0.15, 0.2) is 0 Å². The fraction of sp³-hybridized carbons (Fsp3) is 0.615. The second-order valence-electron chi connectivity index (χ2n) is 5.06. The first-order valence-corrected chi connectivity index (χ1v) is 6.91. The second-order valence-corrected chi connectivity index (χ2v) is 5.45. The molecule has 0 spiro atoms. The van der Waals surface area contributed by atoms with Crippen molar-refractivity contribution in [2.24, 2.45) is 5.41 Å². The maximum atomic E-state index is 11.6. The lowest BCUT2D eigenvalue weighted by molar-refractivity contribution is -0.150. The summed E-state index contributed by atoms with van der Waals surface area (Å²) in [5.41, 5.74) is -0.670. The minimum atomic E-state index is -0.714. The summed E-state index contributed by atoms with van der Waals surface area (Å²) >= 11 is 5.84. The minimum Gasteiger partial charge on any atom is -0.481 e. The molecule has 0 bridgehead atoms. The fourth-order valence-electron chi connectivity index (χ4n) is 2.78. The number of carboxylic acids is 1. The number of rotatable bonds is 4. The zero-order valence-corrected chi connectivity index (χ0v) is 11.7. The standard InChI is InChI=1S/C13H18ClN3O2/c1-2-4-13(12(18)19)5-3-6-17(9-13)11-8-15-7-10(14)16-11/h7-8H,2-6,9H2,1H3,(H,18,19). The van der Waals surface area contributed by atoms with Crippen LogP contribution in [0.5, 0.6) is 0 Å². The van der Waals surface area contributed by atoms with Crippen LogP contribution in [0.3, 0.4) is 0 Å². The van der Waals surface area contributed by atoms with E-state index in [0.29, 0.717) is 23.9 Å². The minimum absolute atomic E-state index is 0.333. The predicted molar refractivity (Wildman–Crippen MR) is 73.5 cm³/mol. The first kappa shape index (κ1) is 14.1. The molecule has 0 amide bonds. The average Bonchev–Trinajstić information content (AvgIpc) is 2.39. The number of carbonyl (C=O) groups is 1. The van der Waals surface area contributed by atoms with Crippen LogP contribution in [0.15, 0.2) is 12.4 Å². The molecule has 2 heterocycles. The Bertz CT molecular complexity index is 465. The number of hydrogen-bond acceptors (Lipinski definition) is 4. The van der Waals surface area contributed by atoms with E-state index in [2.05, 4.69) is 9.97 Å². The van der Waals surface area contributed by atoms with E-state index in [1.54, 1.807) is 6.20 Å². The summed E-state index contributed by atoms with van der Waals surface area (Å²) in [5, 5.41) is 9.88. The highest BCUT2D eigenvalue weighted by atomic mass is 35.5. The number of carboxylic acid groups (broad SMARTS) is 1. The van der Waals surface area contributed by atoms with Gasteiger partial charge in [-0.2, -0.15) is 0 Å². The van der Waals surface area contributed by atoms with Crippen molar-refractivity contribution in [1.82, 2.24) is 9.97 Å². The van der Waals surface area contributed by atoms with Gasteiger partial charge in [-0.3, -0.25) is 9.78 Å². The van der Waals surface area contributed by atoms with Crippen LogP contribution < -0.4 is 4.90 Å². The number of nitrogens with zero attached hydrogens (tertiary/aromatic N) is 3. The Labute approximate surface area is 117 Å². The summed E-state index contributed by atoms with van der Waals surface area (Å²) in [6.45, 7) is 3.29. The van der Waals surface area contributed by atoms with Crippen LogP contribution in [-0.4, -0.2) is 34.1 Å². The van der Waals surface area contributed by atoms with Crippen LogP contribution in [0, 0.1) is 5.41 Å². The van der Waals surface area contributed by atoms with Gasteiger partial charge in [0.1, 0.15) is 11.0 Å². The Morgan fingerprint density at radius 2 is 2.37 bits per heavy atom. The van der Waals surface area contributed by atoms with Crippen LogP contribution in [0.2, 0.25) is 5.15 Å². The van der Waals surface area contributed by atoms with Crippen molar-refractivity contribution in [3.05, 3.63) is 17.5 Å². The van der Waals surface area contributed by atoms with E-state index in [0.717, 1.165) is 25.8 Å². The molecule has 0 aliphatic carbocycles. The van der Waals surface area contributed by atoms with Gasteiger partial charge in [0, 0.05) is 13.1 Å². The van der Waals surface area contributed by atoms with E-state index < -0.39 is 11.4 Å². The summed E-state index contributed by atoms with van der Waals surface area (Å²) < 4.78 is 0. The van der Waals surface area contributed by atoms with Crippen LogP contribution >= 0.6 is 11.6 Å². The summed E-state index contributed by atoms with van der Waals surface area (Å²) in [7, 11) is 0. The third-order valence-electron chi connectivity index (χ3n) is 3.68. The van der Waals surface area contributed by atoms with Gasteiger partial charge >= 0.3 is 5.97 Å². The third kappa shape index (κ3) is 2.97. The molecule has 6 heteroatoms. The van der Waals surface area contributed by atoms with Gasteiger partial charge in [-0.05, 0) is 19.3 Å². The molecule has 1 saturated heterocycles. The molecule has 1 fully saturated rings. The first-order chi connectivity index (χ1) is 9.07. The second kappa shape index (κ2) is 5.74. The lowest BCUT2D eigenvalue weighted by atomic mass is 9.76. The molecule has 1 aromatic heterocycles. The SMILES string of the molecule is CCCC1(C(=O)O)CCCN(c2cncc(Cl)n2)C1. The van der Waals surface area contributed by atoms with Crippen molar-refractivity contribution >= 4 is 23.4 Å². The van der Waals surface area contributed by atoms with Gasteiger partial charge in [-0.15, -0.1) is 0 Å². The lowest BCUT2D eigenvalue weighted by Gasteiger charge is -2.40. The predicted octanol–water partition coefficient (Wildman–Crippen LogP) is 2.60. The van der Waals surface area contributed by atoms with E-state index in [1.807, 2.05) is 11.8 Å². The highest BCUT2D eigenvalue weighted by Crippen LogP contribution is 2.36. The zero-order valence-electron chi connectivity index (χ0n) is 11.0. The quantitative estimate of drug-likeness (QED) is 0.920. The van der Waals surface area contributed by atoms with E-state index >= 15 is 0 Å². The molecule has 1 aliphatic heterocycles. The number of aliphatic carboxylic acids is 1.